The first-order valence-electron chi connectivity index (χ1n) is 18.7. The summed E-state index contributed by atoms with van der Waals surface area (Å²) in [5.74, 6) is -0.271. The van der Waals surface area contributed by atoms with Crippen LogP contribution in [0.4, 0.5) is 0 Å². The Balaban J connectivity index is 0. The first-order chi connectivity index (χ1) is 24.4. The third-order valence-electron chi connectivity index (χ3n) is 7.37. The summed E-state index contributed by atoms with van der Waals surface area (Å²) in [5.41, 5.74) is -0.507. The molecule has 0 aromatic carbocycles. The highest BCUT2D eigenvalue weighted by Crippen LogP contribution is 2.49. The van der Waals surface area contributed by atoms with Crippen LogP contribution in [0.1, 0.15) is 138 Å². The first-order valence-corrected chi connectivity index (χ1v) is 21.0. The zero-order valence-electron chi connectivity index (χ0n) is 32.7. The quantitative estimate of drug-likeness (QED) is 0.0406. The van der Waals surface area contributed by atoms with Crippen LogP contribution in [0.3, 0.4) is 0 Å². The molecule has 10 heteroatoms. The topological polar surface area (TPSA) is 119 Å². The SMILES string of the molecule is CC.CC/C=C\C/C=C\C/C=C\C/C=C\C/C=C\CCCC(=O)OCC(C)(C)CC(=O)NCCC(=O)O.COC(=O)CCCCC1(C)CCSS1. The van der Waals surface area contributed by atoms with Gasteiger partial charge in [-0.1, -0.05) is 123 Å². The summed E-state index contributed by atoms with van der Waals surface area (Å²) in [5, 5.41) is 11.2. The molecule has 1 amide bonds. The Hall–Kier alpha value is -2.72. The van der Waals surface area contributed by atoms with E-state index < -0.39 is 11.4 Å². The number of hydrogen-bond donors (Lipinski definition) is 2. The average Bonchev–Trinajstić information content (AvgIpc) is 3.54. The first kappa shape index (κ1) is 50.4. The minimum atomic E-state index is -0.955. The molecular formula is C41H69NO7S2. The molecule has 1 aliphatic rings. The second kappa shape index (κ2) is 34.4. The number of carboxylic acids is 1. The number of carbonyl (C=O) groups is 4. The van der Waals surface area contributed by atoms with E-state index in [1.165, 1.54) is 25.7 Å². The van der Waals surface area contributed by atoms with Crippen LogP contribution in [0.25, 0.3) is 0 Å². The molecule has 0 aromatic heterocycles. The van der Waals surface area contributed by atoms with Gasteiger partial charge in [-0.15, -0.1) is 0 Å². The van der Waals surface area contributed by atoms with Crippen molar-refractivity contribution in [3.8, 4) is 0 Å². The summed E-state index contributed by atoms with van der Waals surface area (Å²) in [6.45, 7) is 12.4. The molecule has 0 saturated carbocycles. The van der Waals surface area contributed by atoms with Crippen LogP contribution in [-0.2, 0) is 28.7 Å². The summed E-state index contributed by atoms with van der Waals surface area (Å²) < 4.78 is 10.4. The van der Waals surface area contributed by atoms with Crippen LogP contribution in [-0.4, -0.2) is 59.7 Å². The van der Waals surface area contributed by atoms with Crippen molar-refractivity contribution in [1.29, 1.82) is 0 Å². The molecule has 8 nitrogen and oxygen atoms in total. The number of amides is 1. The zero-order valence-corrected chi connectivity index (χ0v) is 34.3. The van der Waals surface area contributed by atoms with Gasteiger partial charge in [0.1, 0.15) is 0 Å². The summed E-state index contributed by atoms with van der Waals surface area (Å²) >= 11 is 0. The van der Waals surface area contributed by atoms with Crippen molar-refractivity contribution in [2.75, 3.05) is 26.0 Å². The van der Waals surface area contributed by atoms with E-state index in [0.717, 1.165) is 57.8 Å². The third-order valence-corrected chi connectivity index (χ3v) is 10.7. The lowest BCUT2D eigenvalue weighted by molar-refractivity contribution is -0.148. The summed E-state index contributed by atoms with van der Waals surface area (Å²) in [6.07, 6.45) is 33.6. The van der Waals surface area contributed by atoms with Crippen LogP contribution in [0.15, 0.2) is 60.8 Å². The summed E-state index contributed by atoms with van der Waals surface area (Å²) in [7, 11) is 5.44. The molecule has 0 aromatic rings. The van der Waals surface area contributed by atoms with Gasteiger partial charge in [0.2, 0.25) is 5.91 Å². The Morgan fingerprint density at radius 2 is 1.35 bits per heavy atom. The van der Waals surface area contributed by atoms with E-state index in [-0.39, 0.29) is 43.8 Å². The molecule has 1 fully saturated rings. The fourth-order valence-corrected chi connectivity index (χ4v) is 7.76. The van der Waals surface area contributed by atoms with Gasteiger partial charge < -0.3 is 19.9 Å². The zero-order chi connectivity index (χ0) is 38.6. The lowest BCUT2D eigenvalue weighted by atomic mass is 9.90. The Morgan fingerprint density at radius 1 is 0.804 bits per heavy atom. The fourth-order valence-electron chi connectivity index (χ4n) is 4.46. The maximum Gasteiger partial charge on any atom is 0.305 e. The molecule has 51 heavy (non-hydrogen) atoms. The van der Waals surface area contributed by atoms with E-state index in [9.17, 15) is 19.2 Å². The van der Waals surface area contributed by atoms with Crippen LogP contribution in [0, 0.1) is 5.41 Å². The lowest BCUT2D eigenvalue weighted by Crippen LogP contribution is -2.33. The van der Waals surface area contributed by atoms with E-state index in [1.807, 2.05) is 49.3 Å². The molecule has 0 bridgehead atoms. The van der Waals surface area contributed by atoms with Crippen molar-refractivity contribution in [2.45, 2.75) is 143 Å². The predicted octanol–water partition coefficient (Wildman–Crippen LogP) is 10.7. The van der Waals surface area contributed by atoms with Gasteiger partial charge in [-0.3, -0.25) is 19.2 Å². The Labute approximate surface area is 318 Å². The number of nitrogens with one attached hydrogen (secondary N) is 1. The molecule has 0 radical (unpaired) electrons. The number of ether oxygens (including phenoxy) is 2. The molecule has 1 unspecified atom stereocenters. The molecule has 0 aliphatic carbocycles. The van der Waals surface area contributed by atoms with Crippen molar-refractivity contribution in [3.05, 3.63) is 60.8 Å². The van der Waals surface area contributed by atoms with Crippen LogP contribution in [0.2, 0.25) is 0 Å². The number of carbonyl (C=O) groups excluding carboxylic acids is 3. The van der Waals surface area contributed by atoms with E-state index in [2.05, 4.69) is 84.7 Å². The third kappa shape index (κ3) is 35.5. The highest BCUT2D eigenvalue weighted by molar-refractivity contribution is 8.77. The molecule has 1 saturated heterocycles. The Kier molecular flexibility index (Phi) is 34.0. The second-order valence-corrected chi connectivity index (χ2v) is 16.0. The average molecular weight is 752 g/mol. The van der Waals surface area contributed by atoms with E-state index in [0.29, 0.717) is 17.6 Å². The van der Waals surface area contributed by atoms with Gasteiger partial charge in [0.05, 0.1) is 20.1 Å². The van der Waals surface area contributed by atoms with Crippen LogP contribution in [0.5, 0.6) is 0 Å². The van der Waals surface area contributed by atoms with Gasteiger partial charge in [-0.25, -0.2) is 0 Å². The van der Waals surface area contributed by atoms with Crippen LogP contribution < -0.4 is 5.32 Å². The van der Waals surface area contributed by atoms with Gasteiger partial charge >= 0.3 is 17.9 Å². The second-order valence-electron chi connectivity index (χ2n) is 13.0. The van der Waals surface area contributed by atoms with Crippen LogP contribution >= 0.6 is 21.6 Å². The molecule has 1 heterocycles. The maximum atomic E-state index is 11.9. The highest BCUT2D eigenvalue weighted by Gasteiger charge is 2.29. The minimum Gasteiger partial charge on any atom is -0.481 e. The highest BCUT2D eigenvalue weighted by atomic mass is 33.1. The van der Waals surface area contributed by atoms with Gasteiger partial charge in [0, 0.05) is 41.7 Å². The smallest absolute Gasteiger partial charge is 0.305 e. The van der Waals surface area contributed by atoms with Gasteiger partial charge in [0.15, 0.2) is 0 Å². The van der Waals surface area contributed by atoms with Crippen molar-refractivity contribution in [3.63, 3.8) is 0 Å². The normalized spacial score (nSPS) is 16.0. The largest absolute Gasteiger partial charge is 0.481 e. The molecule has 1 atom stereocenters. The Bertz CT molecular complexity index is 1070. The molecule has 292 valence electrons. The van der Waals surface area contributed by atoms with E-state index in [1.54, 1.807) is 0 Å². The number of unbranched alkanes of at least 4 members (excludes halogenated alkanes) is 2. The number of aliphatic carboxylic acids is 1. The predicted molar refractivity (Wildman–Crippen MR) is 218 cm³/mol. The molecule has 1 rings (SSSR count). The molecule has 0 spiro atoms. The number of hydrogen-bond acceptors (Lipinski definition) is 8. The lowest BCUT2D eigenvalue weighted by Gasteiger charge is -2.23. The summed E-state index contributed by atoms with van der Waals surface area (Å²) in [4.78, 5) is 45.2. The van der Waals surface area contributed by atoms with E-state index in [4.69, 9.17) is 9.84 Å². The fraction of sp³-hybridized carbons (Fsp3) is 0.659. The number of carboxylic acid groups (broad SMARTS) is 1. The Morgan fingerprint density at radius 3 is 1.86 bits per heavy atom. The molecular weight excluding hydrogens is 683 g/mol. The number of esters is 2. The van der Waals surface area contributed by atoms with Gasteiger partial charge in [0.25, 0.3) is 0 Å². The van der Waals surface area contributed by atoms with E-state index >= 15 is 0 Å². The molecule has 1 aliphatic heterocycles. The van der Waals surface area contributed by atoms with Crippen molar-refractivity contribution >= 4 is 45.4 Å². The monoisotopic (exact) mass is 751 g/mol. The molecule has 2 N–H and O–H groups in total. The summed E-state index contributed by atoms with van der Waals surface area (Å²) in [6, 6.07) is 0. The standard InChI is InChI=1S/C29H45NO5.C10H18O2S2.C2H6/c1-4-5-6-7-8-9-10-11-12-13-14-15-16-17-18-19-20-21-28(34)35-25-29(2,3)24-26(31)30-23-22-27(32)33;1-10(7-8-13-14-10)6-4-3-5-9(11)12-2;1-2/h5-6,8-9,11-12,14-15,17-18H,4,7,10,13,16,19-25H2,1-3H3,(H,30,31)(H,32,33);3-8H2,1-2H3;1-2H3/b6-5-,9-8-,12-11-,15-14-,18-17-;;. The maximum absolute atomic E-state index is 11.9. The minimum absolute atomic E-state index is 0.0800. The van der Waals surface area contributed by atoms with Gasteiger partial charge in [-0.2, -0.15) is 0 Å². The number of rotatable bonds is 25. The van der Waals surface area contributed by atoms with Gasteiger partial charge in [-0.05, 0) is 71.1 Å². The van der Waals surface area contributed by atoms with Crippen molar-refractivity contribution < 1.29 is 33.8 Å². The number of methoxy groups -OCH3 is 1. The van der Waals surface area contributed by atoms with Crippen molar-refractivity contribution in [1.82, 2.24) is 5.32 Å². The van der Waals surface area contributed by atoms with Crippen molar-refractivity contribution in [2.24, 2.45) is 5.41 Å². The number of allylic oxidation sites excluding steroid dienone is 10.